The Morgan fingerprint density at radius 1 is 1.07 bits per heavy atom. The molecule has 0 aromatic carbocycles. The lowest BCUT2D eigenvalue weighted by atomic mass is 9.64. The predicted octanol–water partition coefficient (Wildman–Crippen LogP) is 1.92. The van der Waals surface area contributed by atoms with Gasteiger partial charge < -0.3 is 19.9 Å². The molecule has 3 saturated heterocycles. The molecule has 0 aromatic rings. The minimum atomic E-state index is -2.79. The van der Waals surface area contributed by atoms with Gasteiger partial charge in [0.15, 0.2) is 0 Å². The van der Waals surface area contributed by atoms with E-state index in [-0.39, 0.29) is 36.4 Å². The van der Waals surface area contributed by atoms with Crippen LogP contribution in [0.4, 0.5) is 13.6 Å². The number of hydrogen-bond donors (Lipinski definition) is 1. The number of likely N-dealkylation sites (N-methyl/N-ethyl adjacent to an activating group) is 1. The molecule has 1 spiro atoms. The first-order chi connectivity index (χ1) is 14.3. The highest BCUT2D eigenvalue weighted by Crippen LogP contribution is 2.50. The Morgan fingerprint density at radius 3 is 2.40 bits per heavy atom. The second-order valence-corrected chi connectivity index (χ2v) is 9.56. The van der Waals surface area contributed by atoms with Crippen LogP contribution in [0.15, 0.2) is 0 Å². The zero-order chi connectivity index (χ0) is 21.5. The van der Waals surface area contributed by atoms with Crippen molar-refractivity contribution in [3.05, 3.63) is 0 Å². The van der Waals surface area contributed by atoms with Gasteiger partial charge in [-0.1, -0.05) is 0 Å². The monoisotopic (exact) mass is 428 g/mol. The number of carbonyl (C=O) groups is 2. The predicted molar refractivity (Wildman–Crippen MR) is 107 cm³/mol. The molecule has 3 heterocycles. The van der Waals surface area contributed by atoms with E-state index in [1.165, 1.54) is 7.05 Å². The summed E-state index contributed by atoms with van der Waals surface area (Å²) in [6.45, 7) is 5.25. The number of carbonyl (C=O) groups excluding carboxylic acids is 2. The lowest BCUT2D eigenvalue weighted by molar-refractivity contribution is -0.126. The lowest BCUT2D eigenvalue weighted by Gasteiger charge is -2.52. The lowest BCUT2D eigenvalue weighted by Crippen LogP contribution is -2.57. The smallest absolute Gasteiger partial charge is 0.409 e. The van der Waals surface area contributed by atoms with Crippen LogP contribution in [0.3, 0.4) is 0 Å². The molecular formula is C21H34F2N4O3. The van der Waals surface area contributed by atoms with Crippen LogP contribution in [0.25, 0.3) is 0 Å². The summed E-state index contributed by atoms with van der Waals surface area (Å²) in [6.07, 6.45) is 4.28. The zero-order valence-electron chi connectivity index (χ0n) is 18.0. The second-order valence-electron chi connectivity index (χ2n) is 9.56. The molecule has 0 bridgehead atoms. The van der Waals surface area contributed by atoms with Crippen molar-refractivity contribution in [2.24, 2.45) is 5.41 Å². The first-order valence-electron chi connectivity index (χ1n) is 11.3. The molecule has 4 fully saturated rings. The van der Waals surface area contributed by atoms with E-state index in [1.54, 1.807) is 4.90 Å². The average Bonchev–Trinajstić information content (AvgIpc) is 3.28. The Labute approximate surface area is 177 Å². The zero-order valence-corrected chi connectivity index (χ0v) is 18.0. The van der Waals surface area contributed by atoms with Gasteiger partial charge >= 0.3 is 6.09 Å². The Morgan fingerprint density at radius 2 is 1.77 bits per heavy atom. The van der Waals surface area contributed by atoms with Gasteiger partial charge in [0, 0.05) is 38.6 Å². The van der Waals surface area contributed by atoms with E-state index in [9.17, 15) is 18.4 Å². The molecule has 1 aliphatic carbocycles. The first-order valence-corrected chi connectivity index (χ1v) is 11.3. The number of likely N-dealkylation sites (tertiary alicyclic amines) is 3. The van der Waals surface area contributed by atoms with Gasteiger partial charge in [0.25, 0.3) is 5.92 Å². The summed E-state index contributed by atoms with van der Waals surface area (Å²) in [5.41, 5.74) is 0.232. The van der Waals surface area contributed by atoms with Crippen molar-refractivity contribution in [3.63, 3.8) is 0 Å². The van der Waals surface area contributed by atoms with Crippen molar-refractivity contribution < 1.29 is 23.1 Å². The fourth-order valence-corrected chi connectivity index (χ4v) is 6.06. The van der Waals surface area contributed by atoms with Crippen molar-refractivity contribution in [2.75, 3.05) is 46.4 Å². The van der Waals surface area contributed by atoms with E-state index in [4.69, 9.17) is 4.74 Å². The van der Waals surface area contributed by atoms with Gasteiger partial charge in [0.1, 0.15) is 0 Å². The third kappa shape index (κ3) is 4.15. The largest absolute Gasteiger partial charge is 0.450 e. The molecule has 0 unspecified atom stereocenters. The standard InChI is InChI=1S/C21H34F2N4O3/c1-3-30-19(29)26-9-6-20(13-26)10-16(11-20)25-7-4-15(5-8-25)27-14-21(22,23)12-17(27)18(28)24-2/h15-17H,3-14H2,1-2H3,(H,24,28)/t16?,17-,20?/m0/s1. The van der Waals surface area contributed by atoms with E-state index < -0.39 is 12.0 Å². The molecule has 7 nitrogen and oxygen atoms in total. The highest BCUT2D eigenvalue weighted by Gasteiger charge is 2.53. The number of halogens is 2. The molecule has 0 aromatic heterocycles. The molecule has 170 valence electrons. The molecule has 3 aliphatic heterocycles. The number of amides is 2. The average molecular weight is 429 g/mol. The molecule has 1 atom stereocenters. The Hall–Kier alpha value is -1.48. The van der Waals surface area contributed by atoms with Crippen LogP contribution < -0.4 is 5.32 Å². The van der Waals surface area contributed by atoms with E-state index >= 15 is 0 Å². The normalized spacial score (nSPS) is 34.9. The minimum absolute atomic E-state index is 0.0387. The number of piperidine rings is 1. The van der Waals surface area contributed by atoms with Crippen LogP contribution in [0.2, 0.25) is 0 Å². The van der Waals surface area contributed by atoms with Crippen molar-refractivity contribution >= 4 is 12.0 Å². The fraction of sp³-hybridized carbons (Fsp3) is 0.905. The van der Waals surface area contributed by atoms with Gasteiger partial charge in [-0.25, -0.2) is 13.6 Å². The van der Waals surface area contributed by atoms with Gasteiger partial charge in [0.2, 0.25) is 5.91 Å². The van der Waals surface area contributed by atoms with E-state index in [0.29, 0.717) is 12.6 Å². The van der Waals surface area contributed by atoms with Crippen molar-refractivity contribution in [1.29, 1.82) is 0 Å². The maximum Gasteiger partial charge on any atom is 0.409 e. The number of hydrogen-bond acceptors (Lipinski definition) is 5. The highest BCUT2D eigenvalue weighted by atomic mass is 19.3. The highest BCUT2D eigenvalue weighted by molar-refractivity contribution is 5.82. The maximum atomic E-state index is 14.0. The van der Waals surface area contributed by atoms with Crippen molar-refractivity contribution in [2.45, 2.75) is 69.5 Å². The Bertz CT molecular complexity index is 663. The molecule has 9 heteroatoms. The van der Waals surface area contributed by atoms with Gasteiger partial charge in [0.05, 0.1) is 19.2 Å². The van der Waals surface area contributed by atoms with E-state index in [0.717, 1.165) is 58.3 Å². The number of nitrogens with one attached hydrogen (secondary N) is 1. The summed E-state index contributed by atoms with van der Waals surface area (Å²) < 4.78 is 33.1. The molecule has 30 heavy (non-hydrogen) atoms. The summed E-state index contributed by atoms with van der Waals surface area (Å²) in [5.74, 6) is -3.09. The Balaban J connectivity index is 1.26. The maximum absolute atomic E-state index is 14.0. The summed E-state index contributed by atoms with van der Waals surface area (Å²) >= 11 is 0. The minimum Gasteiger partial charge on any atom is -0.450 e. The van der Waals surface area contributed by atoms with Gasteiger partial charge in [-0.05, 0) is 57.5 Å². The molecule has 4 rings (SSSR count). The quantitative estimate of drug-likeness (QED) is 0.741. The van der Waals surface area contributed by atoms with Crippen LogP contribution in [0.5, 0.6) is 0 Å². The van der Waals surface area contributed by atoms with E-state index in [1.807, 2.05) is 11.8 Å². The Kier molecular flexibility index (Phi) is 5.96. The van der Waals surface area contributed by atoms with Crippen LogP contribution in [0, 0.1) is 5.41 Å². The SMILES string of the molecule is CCOC(=O)N1CCC2(CC(N3CCC(N4CC(F)(F)C[C@H]4C(=O)NC)CC3)C2)C1. The molecular weight excluding hydrogens is 394 g/mol. The third-order valence-electron chi connectivity index (χ3n) is 7.64. The van der Waals surface area contributed by atoms with E-state index in [2.05, 4.69) is 10.2 Å². The van der Waals surface area contributed by atoms with Crippen LogP contribution >= 0.6 is 0 Å². The van der Waals surface area contributed by atoms with Crippen LogP contribution in [-0.2, 0) is 9.53 Å². The number of nitrogens with zero attached hydrogens (tertiary/aromatic N) is 3. The van der Waals surface area contributed by atoms with Crippen LogP contribution in [-0.4, -0.2) is 97.1 Å². The van der Waals surface area contributed by atoms with Gasteiger partial charge in [-0.15, -0.1) is 0 Å². The fourth-order valence-electron chi connectivity index (χ4n) is 6.06. The third-order valence-corrected chi connectivity index (χ3v) is 7.64. The van der Waals surface area contributed by atoms with Gasteiger partial charge in [-0.2, -0.15) is 0 Å². The first kappa shape index (κ1) is 21.7. The second kappa shape index (κ2) is 8.22. The molecule has 1 N–H and O–H groups in total. The topological polar surface area (TPSA) is 65.1 Å². The summed E-state index contributed by atoms with van der Waals surface area (Å²) in [5, 5.41) is 2.54. The molecule has 1 saturated carbocycles. The summed E-state index contributed by atoms with van der Waals surface area (Å²) in [7, 11) is 1.51. The summed E-state index contributed by atoms with van der Waals surface area (Å²) in [4.78, 5) is 30.1. The van der Waals surface area contributed by atoms with Gasteiger partial charge in [-0.3, -0.25) is 9.69 Å². The van der Waals surface area contributed by atoms with Crippen molar-refractivity contribution in [1.82, 2.24) is 20.0 Å². The van der Waals surface area contributed by atoms with Crippen LogP contribution in [0.1, 0.15) is 45.4 Å². The number of rotatable bonds is 4. The number of ether oxygens (including phenoxy) is 1. The molecule has 2 amide bonds. The molecule has 4 aliphatic rings. The number of alkyl halides is 2. The summed E-state index contributed by atoms with van der Waals surface area (Å²) in [6, 6.07) is -0.166. The van der Waals surface area contributed by atoms with Crippen molar-refractivity contribution in [3.8, 4) is 0 Å². The molecule has 0 radical (unpaired) electrons.